The van der Waals surface area contributed by atoms with Crippen molar-refractivity contribution in [3.8, 4) is 11.6 Å². The van der Waals surface area contributed by atoms with E-state index in [2.05, 4.69) is 15.0 Å². The highest BCUT2D eigenvalue weighted by atomic mass is 19.1. The first-order chi connectivity index (χ1) is 16.0. The summed E-state index contributed by atoms with van der Waals surface area (Å²) in [6.07, 6.45) is 6.18. The second-order valence-electron chi connectivity index (χ2n) is 8.23. The quantitative estimate of drug-likeness (QED) is 0.370. The highest BCUT2D eigenvalue weighted by Gasteiger charge is 2.54. The molecule has 1 aliphatic rings. The van der Waals surface area contributed by atoms with Crippen molar-refractivity contribution in [1.82, 2.24) is 15.0 Å². The van der Waals surface area contributed by atoms with Gasteiger partial charge in [0.05, 0.1) is 22.5 Å². The van der Waals surface area contributed by atoms with Crippen LogP contribution in [0.15, 0.2) is 73.3 Å². The maximum Gasteiger partial charge on any atom is 0.230 e. The van der Waals surface area contributed by atoms with E-state index >= 15 is 0 Å². The Labute approximate surface area is 189 Å². The Balaban J connectivity index is 1.25. The van der Waals surface area contributed by atoms with E-state index < -0.39 is 5.41 Å². The maximum atomic E-state index is 13.1. The van der Waals surface area contributed by atoms with Crippen LogP contribution in [0.25, 0.3) is 10.9 Å². The molecule has 2 aromatic carbocycles. The van der Waals surface area contributed by atoms with Crippen molar-refractivity contribution in [2.75, 3.05) is 0 Å². The van der Waals surface area contributed by atoms with E-state index in [-0.39, 0.29) is 30.2 Å². The Morgan fingerprint density at radius 2 is 1.52 bits per heavy atom. The van der Waals surface area contributed by atoms with E-state index in [9.17, 15) is 14.0 Å². The first kappa shape index (κ1) is 20.9. The molecular formula is C26H20FN3O3. The summed E-state index contributed by atoms with van der Waals surface area (Å²) in [6.45, 7) is 0. The third-order valence-electron chi connectivity index (χ3n) is 6.00. The standard InChI is InChI=1S/C26H20FN3O3/c27-19-5-1-17(2-6-19)13-23(31)26(10-11-26)24(32)14-18-3-7-20(8-4-18)33-25-21-9-12-28-15-22(21)29-16-30-25/h1-9,12,15-16H,10-11,13-14H2. The summed E-state index contributed by atoms with van der Waals surface area (Å²) in [5.74, 6) is 0.494. The van der Waals surface area contributed by atoms with Crippen LogP contribution in [-0.2, 0) is 22.4 Å². The Morgan fingerprint density at radius 1 is 0.879 bits per heavy atom. The highest BCUT2D eigenvalue weighted by molar-refractivity contribution is 6.10. The van der Waals surface area contributed by atoms with Gasteiger partial charge in [-0.25, -0.2) is 14.4 Å². The number of benzene rings is 2. The number of aromatic nitrogens is 3. The van der Waals surface area contributed by atoms with Crippen molar-refractivity contribution >= 4 is 22.5 Å². The summed E-state index contributed by atoms with van der Waals surface area (Å²) in [5, 5.41) is 0.752. The average Bonchev–Trinajstić information content (AvgIpc) is 3.65. The molecule has 5 rings (SSSR count). The molecule has 0 radical (unpaired) electrons. The van der Waals surface area contributed by atoms with E-state index in [1.54, 1.807) is 42.7 Å². The number of rotatable bonds is 8. The number of hydrogen-bond acceptors (Lipinski definition) is 6. The first-order valence-electron chi connectivity index (χ1n) is 10.7. The van der Waals surface area contributed by atoms with Gasteiger partial charge >= 0.3 is 0 Å². The molecule has 0 aliphatic heterocycles. The predicted molar refractivity (Wildman–Crippen MR) is 119 cm³/mol. The Bertz CT molecular complexity index is 1330. The molecule has 0 N–H and O–H groups in total. The monoisotopic (exact) mass is 441 g/mol. The summed E-state index contributed by atoms with van der Waals surface area (Å²) in [4.78, 5) is 38.2. The second kappa shape index (κ2) is 8.50. The van der Waals surface area contributed by atoms with E-state index in [1.807, 2.05) is 12.1 Å². The molecule has 2 heterocycles. The molecule has 2 aromatic heterocycles. The van der Waals surface area contributed by atoms with Gasteiger partial charge in [0, 0.05) is 19.0 Å². The summed E-state index contributed by atoms with van der Waals surface area (Å²) in [7, 11) is 0. The van der Waals surface area contributed by atoms with Crippen LogP contribution in [-0.4, -0.2) is 26.5 Å². The van der Waals surface area contributed by atoms with Gasteiger partial charge in [0.1, 0.15) is 17.9 Å². The highest BCUT2D eigenvalue weighted by Crippen LogP contribution is 2.48. The van der Waals surface area contributed by atoms with E-state index in [4.69, 9.17) is 4.74 Å². The minimum atomic E-state index is -0.905. The van der Waals surface area contributed by atoms with Crippen molar-refractivity contribution in [3.05, 3.63) is 90.3 Å². The number of Topliss-reactive ketones (excluding diaryl/α,β-unsaturated/α-hetero) is 2. The van der Waals surface area contributed by atoms with Gasteiger partial charge < -0.3 is 4.74 Å². The third kappa shape index (κ3) is 4.35. The number of hydrogen-bond donors (Lipinski definition) is 0. The van der Waals surface area contributed by atoms with Crippen LogP contribution in [0.4, 0.5) is 4.39 Å². The number of pyridine rings is 1. The number of halogens is 1. The zero-order chi connectivity index (χ0) is 22.8. The van der Waals surface area contributed by atoms with Crippen LogP contribution in [0.2, 0.25) is 0 Å². The summed E-state index contributed by atoms with van der Waals surface area (Å²) in [5.41, 5.74) is 1.31. The third-order valence-corrected chi connectivity index (χ3v) is 6.00. The van der Waals surface area contributed by atoms with Crippen LogP contribution < -0.4 is 4.74 Å². The topological polar surface area (TPSA) is 82.0 Å². The molecule has 1 saturated carbocycles. The summed E-state index contributed by atoms with van der Waals surface area (Å²) < 4.78 is 19.0. The Kier molecular flexibility index (Phi) is 5.38. The van der Waals surface area contributed by atoms with Crippen LogP contribution in [0.1, 0.15) is 24.0 Å². The van der Waals surface area contributed by atoms with E-state index in [0.717, 1.165) is 16.5 Å². The van der Waals surface area contributed by atoms with Crippen LogP contribution in [0, 0.1) is 11.2 Å². The lowest BCUT2D eigenvalue weighted by atomic mass is 9.88. The van der Waals surface area contributed by atoms with Crippen molar-refractivity contribution in [2.24, 2.45) is 5.41 Å². The lowest BCUT2D eigenvalue weighted by Gasteiger charge is -2.13. The molecule has 6 nitrogen and oxygen atoms in total. The minimum absolute atomic E-state index is 0.0717. The van der Waals surface area contributed by atoms with Crippen molar-refractivity contribution in [3.63, 3.8) is 0 Å². The Morgan fingerprint density at radius 3 is 2.15 bits per heavy atom. The van der Waals surface area contributed by atoms with Crippen LogP contribution >= 0.6 is 0 Å². The van der Waals surface area contributed by atoms with Crippen molar-refractivity contribution in [1.29, 1.82) is 0 Å². The van der Waals surface area contributed by atoms with Gasteiger partial charge in [0.15, 0.2) is 11.6 Å². The molecule has 0 unspecified atom stereocenters. The fraction of sp³-hybridized carbons (Fsp3) is 0.192. The fourth-order valence-electron chi connectivity index (χ4n) is 3.90. The van der Waals surface area contributed by atoms with Crippen LogP contribution in [0.5, 0.6) is 11.6 Å². The molecule has 4 aromatic rings. The lowest BCUT2D eigenvalue weighted by molar-refractivity contribution is -0.133. The molecule has 7 heteroatoms. The van der Waals surface area contributed by atoms with Crippen molar-refractivity contribution < 1.29 is 18.7 Å². The van der Waals surface area contributed by atoms with Gasteiger partial charge in [-0.2, -0.15) is 0 Å². The molecular weight excluding hydrogens is 421 g/mol. The number of fused-ring (bicyclic) bond motifs is 1. The maximum absolute atomic E-state index is 13.1. The summed E-state index contributed by atoms with van der Waals surface area (Å²) in [6, 6.07) is 14.8. The largest absolute Gasteiger partial charge is 0.438 e. The molecule has 33 heavy (non-hydrogen) atoms. The van der Waals surface area contributed by atoms with Gasteiger partial charge in [-0.3, -0.25) is 14.6 Å². The van der Waals surface area contributed by atoms with E-state index in [0.29, 0.717) is 30.0 Å². The number of ketones is 2. The number of carbonyl (C=O) groups is 2. The SMILES string of the molecule is O=C(Cc1ccc(F)cc1)C1(C(=O)Cc2ccc(Oc3ncnc4cnccc34)cc2)CC1. The second-order valence-corrected chi connectivity index (χ2v) is 8.23. The molecule has 1 fully saturated rings. The van der Waals surface area contributed by atoms with Gasteiger partial charge in [0.25, 0.3) is 0 Å². The average molecular weight is 441 g/mol. The van der Waals surface area contributed by atoms with Gasteiger partial charge in [0.2, 0.25) is 5.88 Å². The number of carbonyl (C=O) groups excluding carboxylic acids is 2. The number of ether oxygens (including phenoxy) is 1. The van der Waals surface area contributed by atoms with Crippen molar-refractivity contribution in [2.45, 2.75) is 25.7 Å². The fourth-order valence-corrected chi connectivity index (χ4v) is 3.90. The number of nitrogens with zero attached hydrogens (tertiary/aromatic N) is 3. The molecule has 1 aliphatic carbocycles. The zero-order valence-corrected chi connectivity index (χ0v) is 17.7. The van der Waals surface area contributed by atoms with Gasteiger partial charge in [-0.05, 0) is 54.3 Å². The summed E-state index contributed by atoms with van der Waals surface area (Å²) >= 11 is 0. The smallest absolute Gasteiger partial charge is 0.230 e. The molecule has 0 saturated heterocycles. The zero-order valence-electron chi connectivity index (χ0n) is 17.7. The Hall–Kier alpha value is -4.00. The molecule has 0 spiro atoms. The van der Waals surface area contributed by atoms with Crippen LogP contribution in [0.3, 0.4) is 0 Å². The van der Waals surface area contributed by atoms with Gasteiger partial charge in [-0.1, -0.05) is 24.3 Å². The molecule has 0 atom stereocenters. The van der Waals surface area contributed by atoms with E-state index in [1.165, 1.54) is 18.5 Å². The lowest BCUT2D eigenvalue weighted by Crippen LogP contribution is -2.28. The molecule has 164 valence electrons. The predicted octanol–water partition coefficient (Wildman–Crippen LogP) is 4.66. The minimum Gasteiger partial charge on any atom is -0.438 e. The van der Waals surface area contributed by atoms with Gasteiger partial charge in [-0.15, -0.1) is 0 Å². The molecule has 0 bridgehead atoms. The normalized spacial score (nSPS) is 14.1. The first-order valence-corrected chi connectivity index (χ1v) is 10.7. The molecule has 0 amide bonds.